The van der Waals surface area contributed by atoms with Crippen molar-refractivity contribution in [2.75, 3.05) is 31.1 Å². The van der Waals surface area contributed by atoms with E-state index >= 15 is 0 Å². The summed E-state index contributed by atoms with van der Waals surface area (Å²) in [6.45, 7) is 1.41. The van der Waals surface area contributed by atoms with Crippen molar-refractivity contribution in [1.82, 2.24) is 9.29 Å². The Kier molecular flexibility index (Phi) is 7.09. The molecule has 7 nitrogen and oxygen atoms in total. The van der Waals surface area contributed by atoms with Crippen LogP contribution in [0.2, 0.25) is 5.02 Å². The average Bonchev–Trinajstić information content (AvgIpc) is 3.52. The van der Waals surface area contributed by atoms with Gasteiger partial charge in [0, 0.05) is 24.7 Å². The van der Waals surface area contributed by atoms with Gasteiger partial charge in [-0.2, -0.15) is 4.31 Å². The fourth-order valence-electron chi connectivity index (χ4n) is 4.59. The minimum absolute atomic E-state index is 0.0197. The Morgan fingerprint density at radius 1 is 1.20 bits per heavy atom. The second kappa shape index (κ2) is 10.1. The van der Waals surface area contributed by atoms with Crippen LogP contribution in [-0.4, -0.2) is 56.0 Å². The summed E-state index contributed by atoms with van der Waals surface area (Å²) in [5, 5.41) is 1.15. The zero-order valence-corrected chi connectivity index (χ0v) is 21.3. The molecule has 2 saturated heterocycles. The number of thiazole rings is 1. The van der Waals surface area contributed by atoms with Crippen LogP contribution >= 0.6 is 22.9 Å². The van der Waals surface area contributed by atoms with E-state index in [-0.39, 0.29) is 23.5 Å². The molecule has 2 fully saturated rings. The van der Waals surface area contributed by atoms with Crippen LogP contribution in [0, 0.1) is 11.7 Å². The lowest BCUT2D eigenvalue weighted by Crippen LogP contribution is -2.48. The van der Waals surface area contributed by atoms with E-state index in [1.54, 1.807) is 11.0 Å². The molecule has 1 aromatic heterocycles. The SMILES string of the molecule is O=C(C1CCCN(S(=O)(=O)c2ccc(F)cc2)C1)N(CC1CCCO1)c1nc2ccc(Cl)cc2s1. The number of halogens is 2. The number of carbonyl (C=O) groups excluding carboxylic acids is 1. The number of benzene rings is 2. The molecule has 2 aromatic carbocycles. The average molecular weight is 538 g/mol. The van der Waals surface area contributed by atoms with Crippen molar-refractivity contribution in [3.63, 3.8) is 0 Å². The molecular formula is C24H25ClFN3O4S2. The van der Waals surface area contributed by atoms with Gasteiger partial charge >= 0.3 is 0 Å². The van der Waals surface area contributed by atoms with Crippen LogP contribution in [0.1, 0.15) is 25.7 Å². The van der Waals surface area contributed by atoms with Crippen LogP contribution in [-0.2, 0) is 19.6 Å². The highest BCUT2D eigenvalue weighted by Crippen LogP contribution is 2.34. The third-order valence-electron chi connectivity index (χ3n) is 6.43. The number of hydrogen-bond acceptors (Lipinski definition) is 6. The second-order valence-corrected chi connectivity index (χ2v) is 12.2. The van der Waals surface area contributed by atoms with Crippen LogP contribution in [0.4, 0.5) is 9.52 Å². The van der Waals surface area contributed by atoms with Crippen molar-refractivity contribution in [2.24, 2.45) is 5.92 Å². The van der Waals surface area contributed by atoms with E-state index in [1.165, 1.54) is 27.8 Å². The maximum absolute atomic E-state index is 13.8. The number of ether oxygens (including phenoxy) is 1. The molecule has 3 heterocycles. The maximum Gasteiger partial charge on any atom is 0.243 e. The summed E-state index contributed by atoms with van der Waals surface area (Å²) >= 11 is 7.53. The van der Waals surface area contributed by atoms with Crippen LogP contribution in [0.3, 0.4) is 0 Å². The Bertz CT molecular complexity index is 1330. The second-order valence-electron chi connectivity index (χ2n) is 8.85. The fourth-order valence-corrected chi connectivity index (χ4v) is 7.37. The van der Waals surface area contributed by atoms with E-state index < -0.39 is 21.8 Å². The molecule has 5 rings (SSSR count). The van der Waals surface area contributed by atoms with Crippen LogP contribution in [0.5, 0.6) is 0 Å². The number of amides is 1. The van der Waals surface area contributed by atoms with Gasteiger partial charge in [0.2, 0.25) is 15.9 Å². The fraction of sp³-hybridized carbons (Fsp3) is 0.417. The lowest BCUT2D eigenvalue weighted by atomic mass is 9.98. The summed E-state index contributed by atoms with van der Waals surface area (Å²) in [7, 11) is -3.84. The predicted octanol–water partition coefficient (Wildman–Crippen LogP) is 4.70. The lowest BCUT2D eigenvalue weighted by molar-refractivity contribution is -0.123. The van der Waals surface area contributed by atoms with Crippen LogP contribution in [0.25, 0.3) is 10.2 Å². The molecule has 0 spiro atoms. The van der Waals surface area contributed by atoms with Crippen molar-refractivity contribution in [2.45, 2.75) is 36.7 Å². The van der Waals surface area contributed by atoms with Crippen molar-refractivity contribution < 1.29 is 22.3 Å². The smallest absolute Gasteiger partial charge is 0.243 e. The van der Waals surface area contributed by atoms with Gasteiger partial charge in [-0.05, 0) is 68.1 Å². The summed E-state index contributed by atoms with van der Waals surface area (Å²) in [5.74, 6) is -1.18. The van der Waals surface area contributed by atoms with E-state index in [9.17, 15) is 17.6 Å². The highest BCUT2D eigenvalue weighted by atomic mass is 35.5. The summed E-state index contributed by atoms with van der Waals surface area (Å²) in [5.41, 5.74) is 0.753. The Labute approximate surface area is 212 Å². The topological polar surface area (TPSA) is 79.8 Å². The first kappa shape index (κ1) is 24.6. The number of sulfonamides is 1. The molecule has 2 unspecified atom stereocenters. The van der Waals surface area contributed by atoms with Gasteiger partial charge in [-0.3, -0.25) is 9.69 Å². The van der Waals surface area contributed by atoms with Gasteiger partial charge in [0.1, 0.15) is 5.82 Å². The van der Waals surface area contributed by atoms with Crippen molar-refractivity contribution in [3.8, 4) is 0 Å². The Hall–Kier alpha value is -2.11. The van der Waals surface area contributed by atoms with Crippen LogP contribution < -0.4 is 4.90 Å². The van der Waals surface area contributed by atoms with Gasteiger partial charge in [0.25, 0.3) is 0 Å². The number of nitrogens with zero attached hydrogens (tertiary/aromatic N) is 3. The van der Waals surface area contributed by atoms with Gasteiger partial charge in [-0.25, -0.2) is 17.8 Å². The third kappa shape index (κ3) is 5.22. The van der Waals surface area contributed by atoms with E-state index in [1.807, 2.05) is 12.1 Å². The minimum atomic E-state index is -3.84. The van der Waals surface area contributed by atoms with E-state index in [0.29, 0.717) is 42.7 Å². The Balaban J connectivity index is 1.41. The van der Waals surface area contributed by atoms with Gasteiger partial charge in [0.05, 0.1) is 33.7 Å². The number of fused-ring (bicyclic) bond motifs is 1. The number of aromatic nitrogens is 1. The highest BCUT2D eigenvalue weighted by molar-refractivity contribution is 7.89. The zero-order chi connectivity index (χ0) is 24.6. The Morgan fingerprint density at radius 2 is 2.00 bits per heavy atom. The van der Waals surface area contributed by atoms with Crippen molar-refractivity contribution in [1.29, 1.82) is 0 Å². The van der Waals surface area contributed by atoms with Crippen molar-refractivity contribution >= 4 is 54.2 Å². The summed E-state index contributed by atoms with van der Waals surface area (Å²) in [4.78, 5) is 20.2. The van der Waals surface area contributed by atoms with E-state index in [4.69, 9.17) is 16.3 Å². The summed E-state index contributed by atoms with van der Waals surface area (Å²) in [6, 6.07) is 10.2. The third-order valence-corrected chi connectivity index (χ3v) is 9.59. The van der Waals surface area contributed by atoms with E-state index in [0.717, 1.165) is 35.2 Å². The quantitative estimate of drug-likeness (QED) is 0.455. The highest BCUT2D eigenvalue weighted by Gasteiger charge is 2.37. The molecule has 0 aliphatic carbocycles. The number of carbonyl (C=O) groups is 1. The monoisotopic (exact) mass is 537 g/mol. The van der Waals surface area contributed by atoms with E-state index in [2.05, 4.69) is 4.98 Å². The maximum atomic E-state index is 13.8. The summed E-state index contributed by atoms with van der Waals surface area (Å²) < 4.78 is 47.7. The first-order chi connectivity index (χ1) is 16.8. The zero-order valence-electron chi connectivity index (χ0n) is 18.9. The van der Waals surface area contributed by atoms with Gasteiger partial charge in [-0.1, -0.05) is 22.9 Å². The largest absolute Gasteiger partial charge is 0.376 e. The Morgan fingerprint density at radius 3 is 2.74 bits per heavy atom. The molecule has 2 aliphatic heterocycles. The number of rotatable bonds is 6. The molecule has 2 atom stereocenters. The van der Waals surface area contributed by atoms with Gasteiger partial charge in [-0.15, -0.1) is 0 Å². The number of hydrogen-bond donors (Lipinski definition) is 0. The predicted molar refractivity (Wildman–Crippen MR) is 134 cm³/mol. The molecule has 35 heavy (non-hydrogen) atoms. The minimum Gasteiger partial charge on any atom is -0.376 e. The molecule has 0 radical (unpaired) electrons. The molecule has 0 N–H and O–H groups in total. The first-order valence-corrected chi connectivity index (χ1v) is 14.2. The summed E-state index contributed by atoms with van der Waals surface area (Å²) in [6.07, 6.45) is 2.84. The standard InChI is InChI=1S/C24H25ClFN3O4S2/c25-17-5-10-21-22(13-17)34-24(27-21)29(15-19-4-2-12-33-19)23(30)16-3-1-11-28(14-16)35(31,32)20-8-6-18(26)7-9-20/h5-10,13,16,19H,1-4,11-12,14-15H2. The molecule has 3 aromatic rings. The molecule has 0 bridgehead atoms. The first-order valence-electron chi connectivity index (χ1n) is 11.6. The van der Waals surface area contributed by atoms with Gasteiger partial charge in [0.15, 0.2) is 5.13 Å². The molecule has 186 valence electrons. The molecule has 0 saturated carbocycles. The normalized spacial score (nSPS) is 21.4. The molecule has 2 aliphatic rings. The molecular weight excluding hydrogens is 513 g/mol. The lowest BCUT2D eigenvalue weighted by Gasteiger charge is -2.34. The molecule has 1 amide bonds. The number of anilines is 1. The number of piperidine rings is 1. The van der Waals surface area contributed by atoms with Gasteiger partial charge < -0.3 is 4.74 Å². The van der Waals surface area contributed by atoms with Crippen LogP contribution in [0.15, 0.2) is 47.4 Å². The van der Waals surface area contributed by atoms with Crippen molar-refractivity contribution in [3.05, 3.63) is 53.3 Å². The molecule has 11 heteroatoms.